The van der Waals surface area contributed by atoms with Gasteiger partial charge < -0.3 is 9.84 Å². The molecule has 0 atom stereocenters. The van der Waals surface area contributed by atoms with Gasteiger partial charge in [-0.25, -0.2) is 9.07 Å². The summed E-state index contributed by atoms with van der Waals surface area (Å²) in [5.41, 5.74) is 3.94. The molecule has 7 heteroatoms. The Morgan fingerprint density at radius 3 is 2.84 bits per heavy atom. The van der Waals surface area contributed by atoms with Gasteiger partial charge in [-0.05, 0) is 50.5 Å². The van der Waals surface area contributed by atoms with Crippen LogP contribution in [0.2, 0.25) is 0 Å². The van der Waals surface area contributed by atoms with Crippen molar-refractivity contribution in [2.75, 3.05) is 0 Å². The summed E-state index contributed by atoms with van der Waals surface area (Å²) in [6.45, 7) is 2.09. The molecule has 1 aliphatic carbocycles. The van der Waals surface area contributed by atoms with Crippen molar-refractivity contribution in [1.82, 2.24) is 20.3 Å². The van der Waals surface area contributed by atoms with Gasteiger partial charge >= 0.3 is 0 Å². The highest BCUT2D eigenvalue weighted by Crippen LogP contribution is 2.28. The average Bonchev–Trinajstić information content (AvgIpc) is 3.30. The molecule has 2 heterocycles. The standard InChI is InChI=1S/C18H17FN4O2/c1-11-9-14(25-22-11)10-20-18(24)17-15-3-2-4-16(15)23(21-17)13-7-5-12(19)6-8-13/h5-9H,2-4,10H2,1H3,(H,20,24). The lowest BCUT2D eigenvalue weighted by Crippen LogP contribution is -2.24. The molecule has 0 fully saturated rings. The first-order chi connectivity index (χ1) is 12.1. The minimum atomic E-state index is -0.298. The SMILES string of the molecule is Cc1cc(CNC(=O)c2nn(-c3ccc(F)cc3)c3c2CCC3)on1. The number of aromatic nitrogens is 3. The Balaban J connectivity index is 1.60. The van der Waals surface area contributed by atoms with Crippen molar-refractivity contribution in [1.29, 1.82) is 0 Å². The highest BCUT2D eigenvalue weighted by Gasteiger charge is 2.27. The molecule has 4 rings (SSSR count). The molecule has 1 aliphatic rings. The topological polar surface area (TPSA) is 73.0 Å². The normalized spacial score (nSPS) is 13.0. The number of aryl methyl sites for hydroxylation is 1. The van der Waals surface area contributed by atoms with Gasteiger partial charge in [0.2, 0.25) is 0 Å². The van der Waals surface area contributed by atoms with E-state index in [9.17, 15) is 9.18 Å². The summed E-state index contributed by atoms with van der Waals surface area (Å²) in [4.78, 5) is 12.6. The fourth-order valence-electron chi connectivity index (χ4n) is 3.17. The third-order valence-corrected chi connectivity index (χ3v) is 4.32. The monoisotopic (exact) mass is 340 g/mol. The van der Waals surface area contributed by atoms with Gasteiger partial charge in [-0.15, -0.1) is 0 Å². The minimum Gasteiger partial charge on any atom is -0.359 e. The molecule has 0 saturated carbocycles. The van der Waals surface area contributed by atoms with Crippen molar-refractivity contribution in [3.8, 4) is 5.69 Å². The molecule has 0 bridgehead atoms. The first kappa shape index (κ1) is 15.6. The van der Waals surface area contributed by atoms with Crippen LogP contribution in [-0.2, 0) is 19.4 Å². The maximum Gasteiger partial charge on any atom is 0.272 e. The highest BCUT2D eigenvalue weighted by atomic mass is 19.1. The molecular weight excluding hydrogens is 323 g/mol. The van der Waals surface area contributed by atoms with Crippen LogP contribution in [0.25, 0.3) is 5.69 Å². The van der Waals surface area contributed by atoms with Gasteiger partial charge in [-0.2, -0.15) is 5.10 Å². The second-order valence-electron chi connectivity index (χ2n) is 6.13. The first-order valence-electron chi connectivity index (χ1n) is 8.19. The maximum atomic E-state index is 13.2. The van der Waals surface area contributed by atoms with Crippen LogP contribution in [0.4, 0.5) is 4.39 Å². The molecule has 3 aromatic rings. The lowest BCUT2D eigenvalue weighted by Gasteiger charge is -2.05. The summed E-state index contributed by atoms with van der Waals surface area (Å²) in [6, 6.07) is 7.90. The number of rotatable bonds is 4. The number of hydrogen-bond donors (Lipinski definition) is 1. The van der Waals surface area contributed by atoms with Crippen molar-refractivity contribution >= 4 is 5.91 Å². The average molecular weight is 340 g/mol. The lowest BCUT2D eigenvalue weighted by molar-refractivity contribution is 0.0940. The third-order valence-electron chi connectivity index (χ3n) is 4.32. The summed E-state index contributed by atoms with van der Waals surface area (Å²) >= 11 is 0. The summed E-state index contributed by atoms with van der Waals surface area (Å²) in [6.07, 6.45) is 2.66. The van der Waals surface area contributed by atoms with E-state index in [0.29, 0.717) is 11.5 Å². The van der Waals surface area contributed by atoms with E-state index < -0.39 is 0 Å². The van der Waals surface area contributed by atoms with Crippen LogP contribution >= 0.6 is 0 Å². The molecule has 2 aromatic heterocycles. The Hall–Kier alpha value is -2.96. The van der Waals surface area contributed by atoms with Crippen molar-refractivity contribution < 1.29 is 13.7 Å². The Labute approximate surface area is 143 Å². The van der Waals surface area contributed by atoms with Gasteiger partial charge in [-0.1, -0.05) is 5.16 Å². The number of nitrogens with zero attached hydrogens (tertiary/aromatic N) is 3. The number of carbonyl (C=O) groups excluding carboxylic acids is 1. The number of fused-ring (bicyclic) bond motifs is 1. The van der Waals surface area contributed by atoms with E-state index in [1.807, 2.05) is 6.92 Å². The predicted octanol–water partition coefficient (Wildman–Crippen LogP) is 2.73. The quantitative estimate of drug-likeness (QED) is 0.792. The maximum absolute atomic E-state index is 13.2. The third kappa shape index (κ3) is 2.93. The Bertz CT molecular complexity index is 927. The zero-order valence-electron chi connectivity index (χ0n) is 13.8. The molecule has 128 valence electrons. The van der Waals surface area contributed by atoms with Gasteiger partial charge in [0.1, 0.15) is 5.82 Å². The molecule has 0 radical (unpaired) electrons. The molecule has 25 heavy (non-hydrogen) atoms. The summed E-state index contributed by atoms with van der Waals surface area (Å²) in [5, 5.41) is 11.1. The Morgan fingerprint density at radius 1 is 1.32 bits per heavy atom. The summed E-state index contributed by atoms with van der Waals surface area (Å²) in [5.74, 6) is 0.0568. The van der Waals surface area contributed by atoms with Gasteiger partial charge in [0, 0.05) is 17.3 Å². The molecule has 6 nitrogen and oxygen atoms in total. The number of amides is 1. The molecule has 0 saturated heterocycles. The molecule has 0 aliphatic heterocycles. The second kappa shape index (κ2) is 6.16. The van der Waals surface area contributed by atoms with Gasteiger partial charge in [0.05, 0.1) is 17.9 Å². The Morgan fingerprint density at radius 2 is 2.12 bits per heavy atom. The van der Waals surface area contributed by atoms with E-state index in [1.54, 1.807) is 22.9 Å². The summed E-state index contributed by atoms with van der Waals surface area (Å²) in [7, 11) is 0. The minimum absolute atomic E-state index is 0.243. The largest absolute Gasteiger partial charge is 0.359 e. The lowest BCUT2D eigenvalue weighted by atomic mass is 10.2. The van der Waals surface area contributed by atoms with Crippen LogP contribution in [0.5, 0.6) is 0 Å². The summed E-state index contributed by atoms with van der Waals surface area (Å²) < 4.78 is 20.0. The fraction of sp³-hybridized carbons (Fsp3) is 0.278. The molecule has 1 aromatic carbocycles. The second-order valence-corrected chi connectivity index (χ2v) is 6.13. The first-order valence-corrected chi connectivity index (χ1v) is 8.19. The van der Waals surface area contributed by atoms with Crippen LogP contribution in [0, 0.1) is 12.7 Å². The van der Waals surface area contributed by atoms with E-state index in [2.05, 4.69) is 15.6 Å². The van der Waals surface area contributed by atoms with E-state index in [0.717, 1.165) is 41.9 Å². The molecule has 1 N–H and O–H groups in total. The van der Waals surface area contributed by atoms with Gasteiger partial charge in [0.25, 0.3) is 5.91 Å². The van der Waals surface area contributed by atoms with Crippen molar-refractivity contribution in [3.05, 3.63) is 64.6 Å². The molecular formula is C18H17FN4O2. The zero-order chi connectivity index (χ0) is 17.4. The number of nitrogens with one attached hydrogen (secondary N) is 1. The van der Waals surface area contributed by atoms with Crippen LogP contribution in [-0.4, -0.2) is 20.8 Å². The fourth-order valence-corrected chi connectivity index (χ4v) is 3.17. The smallest absolute Gasteiger partial charge is 0.272 e. The molecule has 1 amide bonds. The zero-order valence-corrected chi connectivity index (χ0v) is 13.8. The van der Waals surface area contributed by atoms with Crippen molar-refractivity contribution in [2.45, 2.75) is 32.7 Å². The number of benzene rings is 1. The van der Waals surface area contributed by atoms with E-state index in [-0.39, 0.29) is 18.3 Å². The van der Waals surface area contributed by atoms with E-state index in [4.69, 9.17) is 4.52 Å². The highest BCUT2D eigenvalue weighted by molar-refractivity contribution is 5.94. The van der Waals surface area contributed by atoms with Crippen molar-refractivity contribution in [3.63, 3.8) is 0 Å². The van der Waals surface area contributed by atoms with Crippen LogP contribution in [0.1, 0.15) is 39.6 Å². The van der Waals surface area contributed by atoms with E-state index in [1.165, 1.54) is 12.1 Å². The number of carbonyl (C=O) groups is 1. The molecule has 0 spiro atoms. The van der Waals surface area contributed by atoms with Crippen molar-refractivity contribution in [2.24, 2.45) is 0 Å². The number of hydrogen-bond acceptors (Lipinski definition) is 4. The molecule has 0 unspecified atom stereocenters. The predicted molar refractivity (Wildman–Crippen MR) is 88.0 cm³/mol. The van der Waals surface area contributed by atoms with Crippen LogP contribution < -0.4 is 5.32 Å². The van der Waals surface area contributed by atoms with Crippen LogP contribution in [0.3, 0.4) is 0 Å². The van der Waals surface area contributed by atoms with E-state index >= 15 is 0 Å². The van der Waals surface area contributed by atoms with Crippen LogP contribution in [0.15, 0.2) is 34.9 Å². The number of halogens is 1. The van der Waals surface area contributed by atoms with Gasteiger partial charge in [-0.3, -0.25) is 4.79 Å². The Kier molecular flexibility index (Phi) is 3.83. The van der Waals surface area contributed by atoms with Gasteiger partial charge in [0.15, 0.2) is 11.5 Å².